The smallest absolute Gasteiger partial charge is 0.261 e. The zero-order valence-electron chi connectivity index (χ0n) is 19.0. The first-order valence-electron chi connectivity index (χ1n) is 11.7. The average molecular weight is 470 g/mol. The van der Waals surface area contributed by atoms with Crippen molar-refractivity contribution < 1.29 is 14.4 Å². The van der Waals surface area contributed by atoms with Gasteiger partial charge in [0.15, 0.2) is 11.2 Å². The van der Waals surface area contributed by atoms with Crippen molar-refractivity contribution in [1.82, 2.24) is 9.88 Å². The third-order valence-electron chi connectivity index (χ3n) is 7.19. The monoisotopic (exact) mass is 470 g/mol. The maximum absolute atomic E-state index is 13.6. The van der Waals surface area contributed by atoms with E-state index in [1.807, 2.05) is 36.4 Å². The van der Waals surface area contributed by atoms with E-state index in [1.165, 1.54) is 4.90 Å². The molecule has 2 heterocycles. The van der Waals surface area contributed by atoms with Crippen molar-refractivity contribution >= 4 is 39.4 Å². The number of aromatic amines is 1. The van der Waals surface area contributed by atoms with Gasteiger partial charge in [0.2, 0.25) is 0 Å². The number of hydrogen-bond donors (Lipinski definition) is 1. The van der Waals surface area contributed by atoms with Crippen LogP contribution in [0.5, 0.6) is 0 Å². The number of pyridine rings is 1. The third kappa shape index (κ3) is 2.84. The summed E-state index contributed by atoms with van der Waals surface area (Å²) in [4.78, 5) is 56.7. The number of amides is 2. The zero-order chi connectivity index (χ0) is 24.6. The van der Waals surface area contributed by atoms with Crippen molar-refractivity contribution in [1.29, 1.82) is 0 Å². The van der Waals surface area contributed by atoms with Gasteiger partial charge in [0, 0.05) is 27.4 Å². The van der Waals surface area contributed by atoms with Gasteiger partial charge < -0.3 is 4.98 Å². The number of benzene rings is 4. The number of carbonyl (C=O) groups excluding carboxylic acids is 3. The minimum absolute atomic E-state index is 0.0586. The average Bonchev–Trinajstić information content (AvgIpc) is 3.14. The Bertz CT molecular complexity index is 1850. The Morgan fingerprint density at radius 3 is 2.11 bits per heavy atom. The van der Waals surface area contributed by atoms with Gasteiger partial charge in [0.05, 0.1) is 23.2 Å². The van der Waals surface area contributed by atoms with Crippen molar-refractivity contribution in [2.45, 2.75) is 13.0 Å². The molecule has 7 rings (SSSR count). The minimum atomic E-state index is -0.326. The molecule has 172 valence electrons. The van der Waals surface area contributed by atoms with Crippen LogP contribution in [0.1, 0.15) is 53.3 Å². The summed E-state index contributed by atoms with van der Waals surface area (Å²) in [5.74, 6) is -0.786. The number of ketones is 1. The summed E-state index contributed by atoms with van der Waals surface area (Å²) in [6, 6.07) is 23.2. The van der Waals surface area contributed by atoms with Gasteiger partial charge in [0.1, 0.15) is 0 Å². The number of imide groups is 1. The van der Waals surface area contributed by atoms with E-state index in [1.54, 1.807) is 42.5 Å². The summed E-state index contributed by atoms with van der Waals surface area (Å²) in [6.45, 7) is 0.0940. The Kier molecular flexibility index (Phi) is 4.18. The van der Waals surface area contributed by atoms with Gasteiger partial charge in [-0.05, 0) is 65.6 Å². The molecular formula is C30H18N2O4. The number of para-hydroxylation sites is 1. The Morgan fingerprint density at radius 1 is 0.639 bits per heavy atom. The van der Waals surface area contributed by atoms with Crippen LogP contribution in [-0.2, 0) is 13.0 Å². The Labute approximate surface area is 204 Å². The summed E-state index contributed by atoms with van der Waals surface area (Å²) in [6.07, 6.45) is 0.520. The number of carbonyl (C=O) groups is 3. The highest BCUT2D eigenvalue weighted by Crippen LogP contribution is 2.32. The van der Waals surface area contributed by atoms with Crippen LogP contribution in [0, 0.1) is 0 Å². The van der Waals surface area contributed by atoms with E-state index in [-0.39, 0.29) is 29.6 Å². The second kappa shape index (κ2) is 7.33. The van der Waals surface area contributed by atoms with Crippen LogP contribution in [0.25, 0.3) is 21.8 Å². The lowest BCUT2D eigenvalue weighted by Gasteiger charge is -2.21. The molecule has 1 aliphatic carbocycles. The maximum Gasteiger partial charge on any atom is 0.261 e. The molecule has 0 saturated heterocycles. The molecule has 0 unspecified atom stereocenters. The number of aromatic nitrogens is 1. The van der Waals surface area contributed by atoms with Gasteiger partial charge in [-0.25, -0.2) is 0 Å². The molecular weight excluding hydrogens is 452 g/mol. The molecule has 1 aromatic heterocycles. The molecule has 1 N–H and O–H groups in total. The molecule has 6 nitrogen and oxygen atoms in total. The summed E-state index contributed by atoms with van der Waals surface area (Å²) < 4.78 is 0. The number of rotatable bonds is 2. The zero-order valence-corrected chi connectivity index (χ0v) is 19.0. The number of fused-ring (bicyclic) bond motifs is 5. The van der Waals surface area contributed by atoms with Crippen LogP contribution in [0.15, 0.2) is 83.7 Å². The maximum atomic E-state index is 13.6. The molecule has 2 aliphatic rings. The topological polar surface area (TPSA) is 87.3 Å². The summed E-state index contributed by atoms with van der Waals surface area (Å²) in [5.41, 5.74) is 5.58. The first-order chi connectivity index (χ1) is 17.5. The van der Waals surface area contributed by atoms with E-state index in [9.17, 15) is 19.2 Å². The quantitative estimate of drug-likeness (QED) is 0.296. The van der Waals surface area contributed by atoms with E-state index >= 15 is 0 Å². The minimum Gasteiger partial charge on any atom is -0.354 e. The van der Waals surface area contributed by atoms with Crippen LogP contribution < -0.4 is 5.43 Å². The fourth-order valence-corrected chi connectivity index (χ4v) is 5.38. The SMILES string of the molecule is O=C1c2cc(CN3C(=O)c4ccccc4C3=O)ccc2Cc2cc3c(=O)c4ccccc4[nH]c3cc21. The lowest BCUT2D eigenvalue weighted by Crippen LogP contribution is -2.29. The molecule has 0 saturated carbocycles. The normalized spacial score (nSPS) is 14.3. The predicted molar refractivity (Wildman–Crippen MR) is 135 cm³/mol. The number of nitrogens with zero attached hydrogens (tertiary/aromatic N) is 1. The largest absolute Gasteiger partial charge is 0.354 e. The van der Waals surface area contributed by atoms with Gasteiger partial charge in [-0.2, -0.15) is 0 Å². The van der Waals surface area contributed by atoms with Gasteiger partial charge >= 0.3 is 0 Å². The highest BCUT2D eigenvalue weighted by Gasteiger charge is 2.35. The van der Waals surface area contributed by atoms with E-state index in [0.717, 1.165) is 16.6 Å². The van der Waals surface area contributed by atoms with Crippen molar-refractivity contribution in [3.8, 4) is 0 Å². The van der Waals surface area contributed by atoms with E-state index < -0.39 is 0 Å². The molecule has 2 amide bonds. The predicted octanol–water partition coefficient (Wildman–Crippen LogP) is 4.61. The number of hydrogen-bond acceptors (Lipinski definition) is 4. The van der Waals surface area contributed by atoms with Crippen molar-refractivity contribution in [2.24, 2.45) is 0 Å². The lowest BCUT2D eigenvalue weighted by atomic mass is 9.83. The van der Waals surface area contributed by atoms with Crippen molar-refractivity contribution in [3.63, 3.8) is 0 Å². The Morgan fingerprint density at radius 2 is 1.33 bits per heavy atom. The van der Waals surface area contributed by atoms with Crippen molar-refractivity contribution in [3.05, 3.63) is 128 Å². The number of H-pyrrole nitrogens is 1. The molecule has 6 heteroatoms. The molecule has 0 fully saturated rings. The molecule has 0 radical (unpaired) electrons. The van der Waals surface area contributed by atoms with Gasteiger partial charge in [-0.15, -0.1) is 0 Å². The second-order valence-corrected chi connectivity index (χ2v) is 9.29. The highest BCUT2D eigenvalue weighted by atomic mass is 16.2. The summed E-state index contributed by atoms with van der Waals surface area (Å²) in [7, 11) is 0. The van der Waals surface area contributed by atoms with E-state index in [2.05, 4.69) is 4.98 Å². The molecule has 4 aromatic carbocycles. The van der Waals surface area contributed by atoms with Gasteiger partial charge in [-0.1, -0.05) is 36.4 Å². The fourth-order valence-electron chi connectivity index (χ4n) is 5.38. The van der Waals surface area contributed by atoms with Crippen molar-refractivity contribution in [2.75, 3.05) is 0 Å². The molecule has 5 aromatic rings. The Hall–Kier alpha value is -4.84. The summed E-state index contributed by atoms with van der Waals surface area (Å²) >= 11 is 0. The van der Waals surface area contributed by atoms with Crippen LogP contribution in [0.3, 0.4) is 0 Å². The lowest BCUT2D eigenvalue weighted by molar-refractivity contribution is 0.0642. The van der Waals surface area contributed by atoms with Gasteiger partial charge in [0.25, 0.3) is 11.8 Å². The van der Waals surface area contributed by atoms with Crippen LogP contribution in [-0.4, -0.2) is 27.5 Å². The van der Waals surface area contributed by atoms with Crippen LogP contribution in [0.2, 0.25) is 0 Å². The molecule has 0 spiro atoms. The fraction of sp³-hybridized carbons (Fsp3) is 0.0667. The second-order valence-electron chi connectivity index (χ2n) is 9.29. The summed E-state index contributed by atoms with van der Waals surface area (Å²) in [5, 5.41) is 1.18. The molecule has 36 heavy (non-hydrogen) atoms. The highest BCUT2D eigenvalue weighted by molar-refractivity contribution is 6.21. The molecule has 0 bridgehead atoms. The molecule has 0 atom stereocenters. The standard InChI is InChI=1S/C30H18N2O4/c33-27-21-7-3-4-8-25(21)31-26-14-23-18(13-24(26)27)12-17-10-9-16(11-22(17)28(23)34)15-32-29(35)19-5-1-2-6-20(19)30(32)36/h1-11,13-14H,12,15H2,(H,31,33). The van der Waals surface area contributed by atoms with Crippen LogP contribution in [0.4, 0.5) is 0 Å². The third-order valence-corrected chi connectivity index (χ3v) is 7.19. The molecule has 1 aliphatic heterocycles. The van der Waals surface area contributed by atoms with Crippen LogP contribution >= 0.6 is 0 Å². The number of nitrogens with one attached hydrogen (secondary N) is 1. The Balaban J connectivity index is 1.27. The first-order valence-corrected chi connectivity index (χ1v) is 11.7. The van der Waals surface area contributed by atoms with E-state index in [0.29, 0.717) is 50.5 Å². The van der Waals surface area contributed by atoms with Gasteiger partial charge in [-0.3, -0.25) is 24.1 Å². The first kappa shape index (κ1) is 20.5. The van der Waals surface area contributed by atoms with E-state index in [4.69, 9.17) is 0 Å².